The van der Waals surface area contributed by atoms with E-state index in [4.69, 9.17) is 17.3 Å². The molecule has 0 atom stereocenters. The summed E-state index contributed by atoms with van der Waals surface area (Å²) in [6.07, 6.45) is 0. The number of anilines is 1. The maximum atomic E-state index is 11.6. The first kappa shape index (κ1) is 11.5. The Balaban J connectivity index is 2.33. The number of imidazole rings is 1. The molecule has 3 aromatic rings. The van der Waals surface area contributed by atoms with Crippen molar-refractivity contribution in [3.63, 3.8) is 0 Å². The number of benzene rings is 1. The zero-order valence-electron chi connectivity index (χ0n) is 9.45. The number of nitrogen functional groups attached to an aromatic ring is 1. The molecule has 7 nitrogen and oxygen atoms in total. The van der Waals surface area contributed by atoms with Gasteiger partial charge in [0, 0.05) is 5.56 Å². The van der Waals surface area contributed by atoms with Crippen molar-refractivity contribution in [2.24, 2.45) is 0 Å². The number of H-pyrrole nitrogens is 3. The third kappa shape index (κ3) is 1.80. The van der Waals surface area contributed by atoms with E-state index in [0.29, 0.717) is 22.1 Å². The highest BCUT2D eigenvalue weighted by Crippen LogP contribution is 2.29. The Morgan fingerprint density at radius 1 is 1.16 bits per heavy atom. The first-order valence-corrected chi connectivity index (χ1v) is 5.71. The summed E-state index contributed by atoms with van der Waals surface area (Å²) in [6.45, 7) is 0. The standard InChI is InChI=1S/C11H8ClN5O2/c12-5-3-1-2-4(6(5)13)8-14-7-9(15-8)16-11(19)17-10(7)18/h1-3H,13H2,(H3,14,15,16,17,18,19). The van der Waals surface area contributed by atoms with E-state index in [9.17, 15) is 9.59 Å². The molecule has 2 aromatic heterocycles. The maximum Gasteiger partial charge on any atom is 0.327 e. The Bertz CT molecular complexity index is 892. The summed E-state index contributed by atoms with van der Waals surface area (Å²) in [5, 5.41) is 0.389. The molecule has 1 aromatic carbocycles. The van der Waals surface area contributed by atoms with E-state index >= 15 is 0 Å². The molecule has 0 saturated carbocycles. The Hall–Kier alpha value is -2.54. The van der Waals surface area contributed by atoms with Crippen LogP contribution in [0.5, 0.6) is 0 Å². The summed E-state index contributed by atoms with van der Waals surface area (Å²) in [6, 6.07) is 5.08. The lowest BCUT2D eigenvalue weighted by Gasteiger charge is -2.03. The third-order valence-corrected chi connectivity index (χ3v) is 3.03. The van der Waals surface area contributed by atoms with Gasteiger partial charge in [-0.25, -0.2) is 9.78 Å². The van der Waals surface area contributed by atoms with Gasteiger partial charge in [-0.3, -0.25) is 14.8 Å². The Labute approximate surface area is 110 Å². The lowest BCUT2D eigenvalue weighted by Crippen LogP contribution is -2.21. The van der Waals surface area contributed by atoms with Gasteiger partial charge in [-0.2, -0.15) is 0 Å². The topological polar surface area (TPSA) is 120 Å². The number of aromatic nitrogens is 4. The van der Waals surface area contributed by atoms with Gasteiger partial charge in [0.2, 0.25) is 0 Å². The fourth-order valence-electron chi connectivity index (χ4n) is 1.80. The first-order chi connectivity index (χ1) is 9.06. The number of rotatable bonds is 1. The second-order valence-corrected chi connectivity index (χ2v) is 4.33. The molecular weight excluding hydrogens is 270 g/mol. The molecule has 0 saturated heterocycles. The maximum absolute atomic E-state index is 11.6. The Morgan fingerprint density at radius 2 is 1.95 bits per heavy atom. The molecule has 19 heavy (non-hydrogen) atoms. The minimum atomic E-state index is -0.616. The predicted molar refractivity (Wildman–Crippen MR) is 72.2 cm³/mol. The lowest BCUT2D eigenvalue weighted by atomic mass is 10.2. The number of aromatic amines is 3. The smallest absolute Gasteiger partial charge is 0.327 e. The van der Waals surface area contributed by atoms with E-state index in [1.54, 1.807) is 18.2 Å². The van der Waals surface area contributed by atoms with Crippen molar-refractivity contribution >= 4 is 28.5 Å². The van der Waals surface area contributed by atoms with E-state index in [1.807, 2.05) is 0 Å². The van der Waals surface area contributed by atoms with E-state index in [-0.39, 0.29) is 11.2 Å². The van der Waals surface area contributed by atoms with Crippen LogP contribution in [0.25, 0.3) is 22.6 Å². The molecule has 0 aliphatic carbocycles. The number of hydrogen-bond donors (Lipinski definition) is 4. The van der Waals surface area contributed by atoms with Gasteiger partial charge in [-0.05, 0) is 12.1 Å². The van der Waals surface area contributed by atoms with Crippen molar-refractivity contribution in [1.29, 1.82) is 0 Å². The van der Waals surface area contributed by atoms with Gasteiger partial charge in [0.15, 0.2) is 5.65 Å². The Morgan fingerprint density at radius 3 is 2.74 bits per heavy atom. The molecule has 0 amide bonds. The van der Waals surface area contributed by atoms with Crippen LogP contribution in [-0.4, -0.2) is 19.9 Å². The van der Waals surface area contributed by atoms with Gasteiger partial charge in [-0.15, -0.1) is 0 Å². The monoisotopic (exact) mass is 277 g/mol. The SMILES string of the molecule is Nc1c(Cl)cccc1-c1nc2[nH]c(=O)[nH]c(=O)c2[nH]1. The fraction of sp³-hybridized carbons (Fsp3) is 0. The highest BCUT2D eigenvalue weighted by molar-refractivity contribution is 6.33. The average molecular weight is 278 g/mol. The van der Waals surface area contributed by atoms with Crippen LogP contribution in [0.1, 0.15) is 0 Å². The van der Waals surface area contributed by atoms with Crippen molar-refractivity contribution in [3.8, 4) is 11.4 Å². The molecule has 0 unspecified atom stereocenters. The van der Waals surface area contributed by atoms with Gasteiger partial charge in [0.25, 0.3) is 5.56 Å². The van der Waals surface area contributed by atoms with Crippen LogP contribution < -0.4 is 17.0 Å². The van der Waals surface area contributed by atoms with Crippen LogP contribution in [0.2, 0.25) is 5.02 Å². The number of nitrogens with one attached hydrogen (secondary N) is 3. The van der Waals surface area contributed by atoms with Gasteiger partial charge in [0.05, 0.1) is 10.7 Å². The van der Waals surface area contributed by atoms with Crippen molar-refractivity contribution in [2.45, 2.75) is 0 Å². The molecule has 5 N–H and O–H groups in total. The van der Waals surface area contributed by atoms with Crippen LogP contribution in [0.15, 0.2) is 27.8 Å². The van der Waals surface area contributed by atoms with Crippen LogP contribution in [0, 0.1) is 0 Å². The molecule has 3 rings (SSSR count). The van der Waals surface area contributed by atoms with Crippen molar-refractivity contribution in [2.75, 3.05) is 5.73 Å². The van der Waals surface area contributed by atoms with Gasteiger partial charge in [0.1, 0.15) is 11.3 Å². The third-order valence-electron chi connectivity index (χ3n) is 2.70. The number of halogens is 1. The lowest BCUT2D eigenvalue weighted by molar-refractivity contribution is 1.07. The molecular formula is C11H8ClN5O2. The van der Waals surface area contributed by atoms with E-state index in [1.165, 1.54) is 0 Å². The number of para-hydroxylation sites is 1. The largest absolute Gasteiger partial charge is 0.397 e. The van der Waals surface area contributed by atoms with Crippen LogP contribution in [-0.2, 0) is 0 Å². The minimum absolute atomic E-state index is 0.170. The van der Waals surface area contributed by atoms with Crippen molar-refractivity contribution in [3.05, 3.63) is 44.1 Å². The molecule has 0 bridgehead atoms. The quantitative estimate of drug-likeness (QED) is 0.493. The first-order valence-electron chi connectivity index (χ1n) is 5.33. The number of hydrogen-bond acceptors (Lipinski definition) is 4. The molecule has 96 valence electrons. The summed E-state index contributed by atoms with van der Waals surface area (Å²) < 4.78 is 0. The average Bonchev–Trinajstić information content (AvgIpc) is 2.76. The van der Waals surface area contributed by atoms with Gasteiger partial charge in [-0.1, -0.05) is 17.7 Å². The number of fused-ring (bicyclic) bond motifs is 1. The van der Waals surface area contributed by atoms with E-state index in [2.05, 4.69) is 19.9 Å². The molecule has 2 heterocycles. The van der Waals surface area contributed by atoms with Crippen molar-refractivity contribution < 1.29 is 0 Å². The molecule has 0 radical (unpaired) electrons. The second-order valence-electron chi connectivity index (χ2n) is 3.92. The van der Waals surface area contributed by atoms with Crippen molar-refractivity contribution in [1.82, 2.24) is 19.9 Å². The molecule has 0 spiro atoms. The van der Waals surface area contributed by atoms with Crippen LogP contribution in [0.4, 0.5) is 5.69 Å². The minimum Gasteiger partial charge on any atom is -0.397 e. The van der Waals surface area contributed by atoms with Crippen LogP contribution >= 0.6 is 11.6 Å². The highest BCUT2D eigenvalue weighted by atomic mass is 35.5. The van der Waals surface area contributed by atoms with E-state index < -0.39 is 11.2 Å². The van der Waals surface area contributed by atoms with Crippen LogP contribution in [0.3, 0.4) is 0 Å². The van der Waals surface area contributed by atoms with E-state index in [0.717, 1.165) is 0 Å². The van der Waals surface area contributed by atoms with Gasteiger partial charge >= 0.3 is 5.69 Å². The molecule has 0 aliphatic rings. The fourth-order valence-corrected chi connectivity index (χ4v) is 1.98. The second kappa shape index (κ2) is 3.99. The Kier molecular flexibility index (Phi) is 2.42. The zero-order valence-corrected chi connectivity index (χ0v) is 10.2. The van der Waals surface area contributed by atoms with Gasteiger partial charge < -0.3 is 10.7 Å². The summed E-state index contributed by atoms with van der Waals surface area (Å²) in [5.74, 6) is 0.363. The highest BCUT2D eigenvalue weighted by Gasteiger charge is 2.12. The number of nitrogens with two attached hydrogens (primary N) is 1. The molecule has 0 fully saturated rings. The predicted octanol–water partition coefficient (Wildman–Crippen LogP) is 0.842. The normalized spacial score (nSPS) is 11.0. The summed E-state index contributed by atoms with van der Waals surface area (Å²) in [7, 11) is 0. The number of nitrogens with zero attached hydrogens (tertiary/aromatic N) is 1. The summed E-state index contributed by atoms with van der Waals surface area (Å²) in [4.78, 5) is 34.2. The summed E-state index contributed by atoms with van der Waals surface area (Å²) >= 11 is 5.93. The summed E-state index contributed by atoms with van der Waals surface area (Å²) in [5.41, 5.74) is 5.95. The zero-order chi connectivity index (χ0) is 13.6. The molecule has 0 aliphatic heterocycles. The molecule has 8 heteroatoms.